The van der Waals surface area contributed by atoms with Gasteiger partial charge in [0.15, 0.2) is 0 Å². The summed E-state index contributed by atoms with van der Waals surface area (Å²) < 4.78 is 31.3. The SMILES string of the molecule is CCCCN(CCO)S(=O)(=O)c1cnc(OC)c(C)c1. The Kier molecular flexibility index (Phi) is 6.38. The summed E-state index contributed by atoms with van der Waals surface area (Å²) in [6.07, 6.45) is 2.93. The number of sulfonamides is 1. The van der Waals surface area contributed by atoms with E-state index in [2.05, 4.69) is 4.98 Å². The lowest BCUT2D eigenvalue weighted by molar-refractivity contribution is 0.252. The molecule has 0 radical (unpaired) electrons. The summed E-state index contributed by atoms with van der Waals surface area (Å²) in [5.41, 5.74) is 0.660. The highest BCUT2D eigenvalue weighted by molar-refractivity contribution is 7.89. The normalized spacial score (nSPS) is 11.8. The number of pyridine rings is 1. The Balaban J connectivity index is 3.08. The van der Waals surface area contributed by atoms with Crippen LogP contribution in [0.3, 0.4) is 0 Å². The average molecular weight is 302 g/mol. The van der Waals surface area contributed by atoms with Crippen LogP contribution in [0, 0.1) is 6.92 Å². The van der Waals surface area contributed by atoms with Crippen molar-refractivity contribution in [3.63, 3.8) is 0 Å². The molecule has 0 aliphatic rings. The first-order valence-corrected chi connectivity index (χ1v) is 8.03. The molecule has 0 aliphatic carbocycles. The minimum atomic E-state index is -3.63. The number of nitrogens with zero attached hydrogens (tertiary/aromatic N) is 2. The molecule has 0 bridgehead atoms. The maximum absolute atomic E-state index is 12.5. The Bertz CT molecular complexity index is 531. The van der Waals surface area contributed by atoms with Crippen LogP contribution in [0.15, 0.2) is 17.2 Å². The van der Waals surface area contributed by atoms with Gasteiger partial charge in [-0.2, -0.15) is 4.31 Å². The van der Waals surface area contributed by atoms with Gasteiger partial charge in [0.25, 0.3) is 0 Å². The Morgan fingerprint density at radius 2 is 2.10 bits per heavy atom. The van der Waals surface area contributed by atoms with E-state index in [0.29, 0.717) is 18.0 Å². The van der Waals surface area contributed by atoms with E-state index in [4.69, 9.17) is 9.84 Å². The lowest BCUT2D eigenvalue weighted by Crippen LogP contribution is -2.34. The van der Waals surface area contributed by atoms with E-state index in [1.807, 2.05) is 6.92 Å². The zero-order valence-electron chi connectivity index (χ0n) is 12.2. The lowest BCUT2D eigenvalue weighted by atomic mass is 10.3. The van der Waals surface area contributed by atoms with Gasteiger partial charge >= 0.3 is 0 Å². The van der Waals surface area contributed by atoms with Crippen molar-refractivity contribution < 1.29 is 18.3 Å². The van der Waals surface area contributed by atoms with E-state index < -0.39 is 10.0 Å². The summed E-state index contributed by atoms with van der Waals surface area (Å²) in [7, 11) is -2.14. The van der Waals surface area contributed by atoms with Gasteiger partial charge in [0.2, 0.25) is 15.9 Å². The Morgan fingerprint density at radius 3 is 2.60 bits per heavy atom. The molecule has 0 atom stereocenters. The highest BCUT2D eigenvalue weighted by Gasteiger charge is 2.24. The summed E-state index contributed by atoms with van der Waals surface area (Å²) in [5.74, 6) is 0.409. The number of aliphatic hydroxyl groups is 1. The number of ether oxygens (including phenoxy) is 1. The summed E-state index contributed by atoms with van der Waals surface area (Å²) in [4.78, 5) is 4.12. The van der Waals surface area contributed by atoms with Crippen molar-refractivity contribution in [2.45, 2.75) is 31.6 Å². The first kappa shape index (κ1) is 16.9. The zero-order chi connectivity index (χ0) is 15.2. The molecule has 7 heteroatoms. The third-order valence-electron chi connectivity index (χ3n) is 2.95. The van der Waals surface area contributed by atoms with Crippen LogP contribution in [0.1, 0.15) is 25.3 Å². The predicted octanol–water partition coefficient (Wildman–Crippen LogP) is 1.18. The molecule has 0 aromatic carbocycles. The first-order valence-electron chi connectivity index (χ1n) is 6.59. The van der Waals surface area contributed by atoms with Crippen molar-refractivity contribution in [2.75, 3.05) is 26.8 Å². The third kappa shape index (κ3) is 3.91. The van der Waals surface area contributed by atoms with Crippen LogP contribution in [-0.2, 0) is 10.0 Å². The fourth-order valence-corrected chi connectivity index (χ4v) is 3.34. The lowest BCUT2D eigenvalue weighted by Gasteiger charge is -2.21. The smallest absolute Gasteiger partial charge is 0.244 e. The minimum absolute atomic E-state index is 0.0907. The molecule has 6 nitrogen and oxygen atoms in total. The highest BCUT2D eigenvalue weighted by atomic mass is 32.2. The summed E-state index contributed by atoms with van der Waals surface area (Å²) in [5, 5.41) is 9.04. The molecule has 1 heterocycles. The van der Waals surface area contributed by atoms with Crippen molar-refractivity contribution in [3.8, 4) is 5.88 Å². The Morgan fingerprint density at radius 1 is 1.40 bits per heavy atom. The second-order valence-corrected chi connectivity index (χ2v) is 6.42. The Labute approximate surface area is 120 Å². The Hall–Kier alpha value is -1.18. The molecule has 1 rings (SSSR count). The largest absolute Gasteiger partial charge is 0.481 e. The van der Waals surface area contributed by atoms with Crippen molar-refractivity contribution >= 4 is 10.0 Å². The van der Waals surface area contributed by atoms with Crippen LogP contribution < -0.4 is 4.74 Å². The van der Waals surface area contributed by atoms with Gasteiger partial charge in [-0.1, -0.05) is 13.3 Å². The molecule has 1 aromatic rings. The van der Waals surface area contributed by atoms with E-state index in [-0.39, 0.29) is 18.0 Å². The number of hydrogen-bond donors (Lipinski definition) is 1. The number of aromatic nitrogens is 1. The van der Waals surface area contributed by atoms with Gasteiger partial charge in [0.05, 0.1) is 19.9 Å². The monoisotopic (exact) mass is 302 g/mol. The van der Waals surface area contributed by atoms with Crippen molar-refractivity contribution in [2.24, 2.45) is 0 Å². The fourth-order valence-electron chi connectivity index (χ4n) is 1.84. The van der Waals surface area contributed by atoms with Crippen LogP contribution in [0.25, 0.3) is 0 Å². The molecule has 0 fully saturated rings. The minimum Gasteiger partial charge on any atom is -0.481 e. The van der Waals surface area contributed by atoms with Crippen molar-refractivity contribution in [3.05, 3.63) is 17.8 Å². The number of methoxy groups -OCH3 is 1. The van der Waals surface area contributed by atoms with Gasteiger partial charge in [-0.25, -0.2) is 13.4 Å². The average Bonchev–Trinajstić information content (AvgIpc) is 2.43. The molecule has 114 valence electrons. The van der Waals surface area contributed by atoms with Gasteiger partial charge in [0, 0.05) is 18.7 Å². The molecule has 0 aliphatic heterocycles. The molecule has 0 saturated heterocycles. The summed E-state index contributed by atoms with van der Waals surface area (Å²) in [6, 6.07) is 1.54. The van der Waals surface area contributed by atoms with Crippen LogP contribution in [-0.4, -0.2) is 49.6 Å². The number of unbranched alkanes of at least 4 members (excludes halogenated alkanes) is 1. The molecule has 1 N–H and O–H groups in total. The number of aryl methyl sites for hydroxylation is 1. The van der Waals surface area contributed by atoms with E-state index in [1.165, 1.54) is 23.7 Å². The van der Waals surface area contributed by atoms with Crippen molar-refractivity contribution in [1.29, 1.82) is 0 Å². The molecule has 0 saturated carbocycles. The molecular weight excluding hydrogens is 280 g/mol. The van der Waals surface area contributed by atoms with E-state index in [1.54, 1.807) is 6.92 Å². The van der Waals surface area contributed by atoms with Gasteiger partial charge in [0.1, 0.15) is 4.90 Å². The van der Waals surface area contributed by atoms with Crippen molar-refractivity contribution in [1.82, 2.24) is 9.29 Å². The van der Waals surface area contributed by atoms with Gasteiger partial charge in [-0.3, -0.25) is 0 Å². The molecule has 0 amide bonds. The number of hydrogen-bond acceptors (Lipinski definition) is 5. The van der Waals surface area contributed by atoms with E-state index >= 15 is 0 Å². The van der Waals surface area contributed by atoms with Gasteiger partial charge < -0.3 is 9.84 Å². The molecule has 1 aromatic heterocycles. The quantitative estimate of drug-likeness (QED) is 0.780. The number of aliphatic hydroxyl groups excluding tert-OH is 1. The van der Waals surface area contributed by atoms with Gasteiger partial charge in [-0.05, 0) is 19.4 Å². The molecular formula is C13H22N2O4S. The third-order valence-corrected chi connectivity index (χ3v) is 4.81. The predicted molar refractivity (Wildman–Crippen MR) is 76.3 cm³/mol. The van der Waals surface area contributed by atoms with Crippen LogP contribution in [0.5, 0.6) is 5.88 Å². The van der Waals surface area contributed by atoms with Crippen LogP contribution in [0.4, 0.5) is 0 Å². The maximum atomic E-state index is 12.5. The second-order valence-electron chi connectivity index (χ2n) is 4.48. The second kappa shape index (κ2) is 7.56. The van der Waals surface area contributed by atoms with Gasteiger partial charge in [-0.15, -0.1) is 0 Å². The summed E-state index contributed by atoms with van der Waals surface area (Å²) >= 11 is 0. The number of rotatable bonds is 8. The zero-order valence-corrected chi connectivity index (χ0v) is 13.0. The molecule has 0 unspecified atom stereocenters. The van der Waals surface area contributed by atoms with Crippen LogP contribution in [0.2, 0.25) is 0 Å². The fraction of sp³-hybridized carbons (Fsp3) is 0.615. The standard InChI is InChI=1S/C13H22N2O4S/c1-4-5-6-15(7-8-16)20(17,18)12-9-11(2)13(19-3)14-10-12/h9-10,16H,4-8H2,1-3H3. The van der Waals surface area contributed by atoms with E-state index in [9.17, 15) is 8.42 Å². The molecule has 0 spiro atoms. The van der Waals surface area contributed by atoms with E-state index in [0.717, 1.165) is 12.8 Å². The topological polar surface area (TPSA) is 79.7 Å². The highest BCUT2D eigenvalue weighted by Crippen LogP contribution is 2.21. The molecule has 20 heavy (non-hydrogen) atoms. The summed E-state index contributed by atoms with van der Waals surface area (Å²) in [6.45, 7) is 4.01. The van der Waals surface area contributed by atoms with Crippen LogP contribution >= 0.6 is 0 Å². The maximum Gasteiger partial charge on any atom is 0.244 e. The first-order chi connectivity index (χ1) is 9.47.